The van der Waals surface area contributed by atoms with Crippen molar-refractivity contribution in [3.8, 4) is 27.9 Å². The minimum absolute atomic E-state index is 0.0372. The Morgan fingerprint density at radius 1 is 1.14 bits per heavy atom. The van der Waals surface area contributed by atoms with Crippen molar-refractivity contribution < 1.29 is 19.5 Å². The van der Waals surface area contributed by atoms with Gasteiger partial charge in [-0.1, -0.05) is 25.9 Å². The smallest absolute Gasteiger partial charge is 0.268 e. The molecule has 3 rings (SSSR count). The molecule has 0 saturated carbocycles. The van der Waals surface area contributed by atoms with Gasteiger partial charge in [0.15, 0.2) is 0 Å². The molecule has 0 radical (unpaired) electrons. The molecule has 9 heteroatoms. The molecule has 1 atom stereocenters. The standard InChI is InChI=1S/C26H38N4O4S/c1-6-19-13-20(11-18(5)24(19)33-16-21(32)14-27-9-10-31)25-28-26(34-29-25)22-12-17(4)23(35-22)15-30(7-2)8-3/h11-13,21,27,31-32H,6-10,14-16H2,1-5H3. The lowest BCUT2D eigenvalue weighted by molar-refractivity contribution is 0.104. The van der Waals surface area contributed by atoms with Crippen LogP contribution in [0.25, 0.3) is 22.2 Å². The molecule has 0 aliphatic carbocycles. The van der Waals surface area contributed by atoms with E-state index in [9.17, 15) is 5.11 Å². The van der Waals surface area contributed by atoms with Crippen LogP contribution >= 0.6 is 11.3 Å². The van der Waals surface area contributed by atoms with Crippen molar-refractivity contribution in [2.24, 2.45) is 0 Å². The Balaban J connectivity index is 1.76. The maximum atomic E-state index is 10.1. The highest BCUT2D eigenvalue weighted by Crippen LogP contribution is 2.34. The van der Waals surface area contributed by atoms with Gasteiger partial charge in [-0.2, -0.15) is 4.98 Å². The summed E-state index contributed by atoms with van der Waals surface area (Å²) in [6.07, 6.45) is 0.109. The van der Waals surface area contributed by atoms with E-state index in [2.05, 4.69) is 49.1 Å². The molecule has 3 N–H and O–H groups in total. The van der Waals surface area contributed by atoms with E-state index in [1.165, 1.54) is 10.4 Å². The first-order valence-electron chi connectivity index (χ1n) is 12.3. The van der Waals surface area contributed by atoms with Gasteiger partial charge in [0.05, 0.1) is 11.5 Å². The van der Waals surface area contributed by atoms with Crippen LogP contribution in [0.15, 0.2) is 22.7 Å². The second-order valence-electron chi connectivity index (χ2n) is 8.63. The van der Waals surface area contributed by atoms with Crippen molar-refractivity contribution >= 4 is 11.3 Å². The molecule has 0 amide bonds. The first kappa shape index (κ1) is 27.3. The molecular weight excluding hydrogens is 464 g/mol. The summed E-state index contributed by atoms with van der Waals surface area (Å²) in [6.45, 7) is 14.5. The number of rotatable bonds is 14. The molecule has 8 nitrogen and oxygen atoms in total. The number of ether oxygens (including phenoxy) is 1. The lowest BCUT2D eigenvalue weighted by Crippen LogP contribution is -2.33. The molecule has 2 heterocycles. The van der Waals surface area contributed by atoms with Gasteiger partial charge in [-0.05, 0) is 68.2 Å². The maximum Gasteiger partial charge on any atom is 0.268 e. The zero-order valence-electron chi connectivity index (χ0n) is 21.4. The number of aryl methyl sites for hydroxylation is 3. The van der Waals surface area contributed by atoms with Gasteiger partial charge in [-0.3, -0.25) is 4.90 Å². The first-order chi connectivity index (χ1) is 16.9. The van der Waals surface area contributed by atoms with Crippen LogP contribution in [0.1, 0.15) is 42.3 Å². The van der Waals surface area contributed by atoms with Crippen LogP contribution in [0, 0.1) is 13.8 Å². The number of aromatic nitrogens is 2. The summed E-state index contributed by atoms with van der Waals surface area (Å²) < 4.78 is 11.6. The number of hydrogen-bond donors (Lipinski definition) is 3. The van der Waals surface area contributed by atoms with Gasteiger partial charge in [0, 0.05) is 30.1 Å². The average Bonchev–Trinajstić information content (AvgIpc) is 3.48. The van der Waals surface area contributed by atoms with E-state index in [-0.39, 0.29) is 13.2 Å². The SMILES string of the molecule is CCc1cc(-c2noc(-c3cc(C)c(CN(CC)CC)s3)n2)cc(C)c1OCC(O)CNCCO. The number of benzene rings is 1. The van der Waals surface area contributed by atoms with E-state index >= 15 is 0 Å². The monoisotopic (exact) mass is 502 g/mol. The molecule has 192 valence electrons. The van der Waals surface area contributed by atoms with Gasteiger partial charge in [0.2, 0.25) is 5.82 Å². The van der Waals surface area contributed by atoms with Crippen LogP contribution in [0.5, 0.6) is 5.75 Å². The van der Waals surface area contributed by atoms with Crippen LogP contribution in [-0.2, 0) is 13.0 Å². The minimum Gasteiger partial charge on any atom is -0.490 e. The average molecular weight is 503 g/mol. The molecule has 35 heavy (non-hydrogen) atoms. The first-order valence-corrected chi connectivity index (χ1v) is 13.1. The van der Waals surface area contributed by atoms with Gasteiger partial charge in [0.25, 0.3) is 5.89 Å². The Kier molecular flexibility index (Phi) is 10.2. The van der Waals surface area contributed by atoms with Crippen molar-refractivity contribution in [2.75, 3.05) is 39.4 Å². The molecule has 1 aromatic carbocycles. The molecule has 0 aliphatic rings. The van der Waals surface area contributed by atoms with Crippen molar-refractivity contribution in [3.63, 3.8) is 0 Å². The molecule has 0 spiro atoms. The second-order valence-corrected chi connectivity index (χ2v) is 9.77. The van der Waals surface area contributed by atoms with E-state index in [0.717, 1.165) is 53.4 Å². The van der Waals surface area contributed by atoms with Crippen LogP contribution < -0.4 is 10.1 Å². The number of thiophene rings is 1. The van der Waals surface area contributed by atoms with E-state index < -0.39 is 6.10 Å². The van der Waals surface area contributed by atoms with E-state index in [1.54, 1.807) is 11.3 Å². The zero-order chi connectivity index (χ0) is 25.4. The fourth-order valence-electron chi connectivity index (χ4n) is 3.90. The highest BCUT2D eigenvalue weighted by Gasteiger charge is 2.18. The molecule has 0 fully saturated rings. The van der Waals surface area contributed by atoms with E-state index in [0.29, 0.717) is 24.8 Å². The van der Waals surface area contributed by atoms with Crippen molar-refractivity contribution in [1.82, 2.24) is 20.4 Å². The fraction of sp³-hybridized carbons (Fsp3) is 0.538. The van der Waals surface area contributed by atoms with Crippen molar-refractivity contribution in [2.45, 2.75) is 53.7 Å². The van der Waals surface area contributed by atoms with E-state index in [1.807, 2.05) is 19.1 Å². The Bertz CT molecular complexity index is 1080. The number of hydrogen-bond acceptors (Lipinski definition) is 9. The number of aliphatic hydroxyl groups is 2. The number of nitrogens with zero attached hydrogens (tertiary/aromatic N) is 3. The lowest BCUT2D eigenvalue weighted by Gasteiger charge is -2.17. The Morgan fingerprint density at radius 3 is 2.60 bits per heavy atom. The highest BCUT2D eigenvalue weighted by molar-refractivity contribution is 7.15. The largest absolute Gasteiger partial charge is 0.490 e. The Labute approximate surface area is 211 Å². The van der Waals surface area contributed by atoms with E-state index in [4.69, 9.17) is 19.4 Å². The molecule has 0 bridgehead atoms. The van der Waals surface area contributed by atoms with Gasteiger partial charge in [-0.15, -0.1) is 11.3 Å². The van der Waals surface area contributed by atoms with Crippen LogP contribution in [0.4, 0.5) is 0 Å². The fourth-order valence-corrected chi connectivity index (χ4v) is 5.04. The maximum absolute atomic E-state index is 10.1. The summed E-state index contributed by atoms with van der Waals surface area (Å²) in [5, 5.41) is 26.2. The van der Waals surface area contributed by atoms with Crippen LogP contribution in [-0.4, -0.2) is 70.8 Å². The Morgan fingerprint density at radius 2 is 1.91 bits per heavy atom. The summed E-state index contributed by atoms with van der Waals surface area (Å²) in [6, 6.07) is 6.14. The molecule has 0 saturated heterocycles. The number of aliphatic hydroxyl groups excluding tert-OH is 2. The molecule has 2 aromatic heterocycles. The predicted molar refractivity (Wildman–Crippen MR) is 140 cm³/mol. The lowest BCUT2D eigenvalue weighted by atomic mass is 10.0. The summed E-state index contributed by atoms with van der Waals surface area (Å²) in [5.74, 6) is 1.86. The number of nitrogens with one attached hydrogen (secondary N) is 1. The van der Waals surface area contributed by atoms with Crippen molar-refractivity contribution in [3.05, 3.63) is 39.8 Å². The Hall–Kier alpha value is -2.30. The van der Waals surface area contributed by atoms with Crippen LogP contribution in [0.3, 0.4) is 0 Å². The summed E-state index contributed by atoms with van der Waals surface area (Å²) in [4.78, 5) is 9.40. The van der Waals surface area contributed by atoms with Gasteiger partial charge in [0.1, 0.15) is 18.5 Å². The van der Waals surface area contributed by atoms with Gasteiger partial charge < -0.3 is 24.8 Å². The third-order valence-electron chi connectivity index (χ3n) is 6.00. The third-order valence-corrected chi connectivity index (χ3v) is 7.21. The second kappa shape index (κ2) is 13.1. The topological polar surface area (TPSA) is 104 Å². The van der Waals surface area contributed by atoms with Crippen molar-refractivity contribution in [1.29, 1.82) is 0 Å². The zero-order valence-corrected chi connectivity index (χ0v) is 22.2. The molecular formula is C26H38N4O4S. The van der Waals surface area contributed by atoms with Gasteiger partial charge in [-0.25, -0.2) is 0 Å². The normalized spacial score (nSPS) is 12.5. The quantitative estimate of drug-likeness (QED) is 0.286. The summed E-state index contributed by atoms with van der Waals surface area (Å²) >= 11 is 1.71. The highest BCUT2D eigenvalue weighted by atomic mass is 32.1. The molecule has 0 aliphatic heterocycles. The van der Waals surface area contributed by atoms with Gasteiger partial charge >= 0.3 is 0 Å². The van der Waals surface area contributed by atoms with Crippen LogP contribution in [0.2, 0.25) is 0 Å². The summed E-state index contributed by atoms with van der Waals surface area (Å²) in [5.41, 5.74) is 4.10. The predicted octanol–water partition coefficient (Wildman–Crippen LogP) is 3.81. The molecule has 1 unspecified atom stereocenters. The summed E-state index contributed by atoms with van der Waals surface area (Å²) in [7, 11) is 0. The minimum atomic E-state index is -0.661. The molecule has 3 aromatic rings. The third kappa shape index (κ3) is 7.11.